The van der Waals surface area contributed by atoms with E-state index in [0.29, 0.717) is 6.04 Å². The number of carbonyl (C=O) groups excluding carboxylic acids is 1. The van der Waals surface area contributed by atoms with Crippen molar-refractivity contribution in [1.29, 1.82) is 0 Å². The Balaban J connectivity index is 1.76. The number of hydrogen-bond acceptors (Lipinski definition) is 5. The maximum Gasteiger partial charge on any atom is 0.305 e. The van der Waals surface area contributed by atoms with Crippen molar-refractivity contribution in [3.63, 3.8) is 0 Å². The SMILES string of the molecule is CC(CC(=O)O)NC(=O)CSc1nncn1C1CC1. The Morgan fingerprint density at radius 2 is 2.37 bits per heavy atom. The monoisotopic (exact) mass is 284 g/mol. The van der Waals surface area contributed by atoms with Crippen LogP contribution >= 0.6 is 11.8 Å². The number of aliphatic carboxylic acids is 1. The van der Waals surface area contributed by atoms with Gasteiger partial charge in [-0.2, -0.15) is 0 Å². The number of carboxylic acid groups (broad SMARTS) is 1. The van der Waals surface area contributed by atoms with Crippen molar-refractivity contribution in [3.8, 4) is 0 Å². The van der Waals surface area contributed by atoms with Gasteiger partial charge in [0.1, 0.15) is 6.33 Å². The fourth-order valence-corrected chi connectivity index (χ4v) is 2.49. The lowest BCUT2D eigenvalue weighted by atomic mass is 10.2. The average molecular weight is 284 g/mol. The van der Waals surface area contributed by atoms with Crippen LogP contribution in [0.3, 0.4) is 0 Å². The van der Waals surface area contributed by atoms with Gasteiger partial charge in [0.15, 0.2) is 5.16 Å². The summed E-state index contributed by atoms with van der Waals surface area (Å²) in [5.74, 6) is -0.895. The molecule has 0 saturated heterocycles. The van der Waals surface area contributed by atoms with Crippen LogP contribution < -0.4 is 5.32 Å². The van der Waals surface area contributed by atoms with Gasteiger partial charge in [-0.05, 0) is 19.8 Å². The van der Waals surface area contributed by atoms with E-state index < -0.39 is 5.97 Å². The Morgan fingerprint density at radius 1 is 1.63 bits per heavy atom. The highest BCUT2D eigenvalue weighted by Gasteiger charge is 2.26. The molecule has 0 aliphatic heterocycles. The second-order valence-electron chi connectivity index (χ2n) is 4.61. The number of nitrogens with one attached hydrogen (secondary N) is 1. The van der Waals surface area contributed by atoms with E-state index in [1.165, 1.54) is 11.8 Å². The molecule has 1 amide bonds. The first-order valence-electron chi connectivity index (χ1n) is 6.09. The van der Waals surface area contributed by atoms with Crippen LogP contribution in [-0.4, -0.2) is 43.5 Å². The van der Waals surface area contributed by atoms with Crippen LogP contribution in [0.5, 0.6) is 0 Å². The van der Waals surface area contributed by atoms with E-state index >= 15 is 0 Å². The van der Waals surface area contributed by atoms with Crippen molar-refractivity contribution in [1.82, 2.24) is 20.1 Å². The molecule has 1 aromatic heterocycles. The van der Waals surface area contributed by atoms with Crippen LogP contribution in [0, 0.1) is 0 Å². The zero-order valence-corrected chi connectivity index (χ0v) is 11.4. The van der Waals surface area contributed by atoms with E-state index in [4.69, 9.17) is 5.11 Å². The molecule has 7 nitrogen and oxygen atoms in total. The number of rotatable bonds is 7. The molecule has 1 heterocycles. The number of amides is 1. The molecular formula is C11H16N4O3S. The van der Waals surface area contributed by atoms with Crippen LogP contribution in [0.2, 0.25) is 0 Å². The van der Waals surface area contributed by atoms with Gasteiger partial charge in [-0.25, -0.2) is 0 Å². The van der Waals surface area contributed by atoms with Gasteiger partial charge in [0.2, 0.25) is 5.91 Å². The number of thioether (sulfide) groups is 1. The molecule has 0 radical (unpaired) electrons. The molecular weight excluding hydrogens is 268 g/mol. The summed E-state index contributed by atoms with van der Waals surface area (Å²) in [4.78, 5) is 22.1. The molecule has 1 fully saturated rings. The molecule has 0 bridgehead atoms. The van der Waals surface area contributed by atoms with Crippen molar-refractivity contribution in [2.75, 3.05) is 5.75 Å². The summed E-state index contributed by atoms with van der Waals surface area (Å²) in [6, 6.07) is 0.110. The largest absolute Gasteiger partial charge is 0.481 e. The van der Waals surface area contributed by atoms with Crippen molar-refractivity contribution in [3.05, 3.63) is 6.33 Å². The standard InChI is InChI=1S/C11H16N4O3S/c1-7(4-10(17)18)13-9(16)5-19-11-14-12-6-15(11)8-2-3-8/h6-8H,2-5H2,1H3,(H,13,16)(H,17,18). The molecule has 1 aromatic rings. The predicted molar refractivity (Wildman–Crippen MR) is 68.9 cm³/mol. The minimum absolute atomic E-state index is 0.0747. The van der Waals surface area contributed by atoms with Crippen molar-refractivity contribution in [2.24, 2.45) is 0 Å². The number of nitrogens with zero attached hydrogens (tertiary/aromatic N) is 3. The summed E-state index contributed by atoms with van der Waals surface area (Å²) < 4.78 is 1.98. The van der Waals surface area contributed by atoms with E-state index in [1.54, 1.807) is 13.3 Å². The van der Waals surface area contributed by atoms with Gasteiger partial charge >= 0.3 is 5.97 Å². The van der Waals surface area contributed by atoms with Crippen LogP contribution in [-0.2, 0) is 9.59 Å². The van der Waals surface area contributed by atoms with Crippen molar-refractivity contribution in [2.45, 2.75) is 43.4 Å². The van der Waals surface area contributed by atoms with Crippen LogP contribution in [0.15, 0.2) is 11.5 Å². The fourth-order valence-electron chi connectivity index (χ4n) is 1.70. The van der Waals surface area contributed by atoms with Gasteiger partial charge in [0, 0.05) is 12.1 Å². The minimum atomic E-state index is -0.922. The molecule has 2 rings (SSSR count). The highest BCUT2D eigenvalue weighted by atomic mass is 32.2. The molecule has 1 saturated carbocycles. The van der Waals surface area contributed by atoms with Crippen molar-refractivity contribution < 1.29 is 14.7 Å². The lowest BCUT2D eigenvalue weighted by molar-refractivity contribution is -0.137. The van der Waals surface area contributed by atoms with E-state index in [2.05, 4.69) is 15.5 Å². The van der Waals surface area contributed by atoms with E-state index in [0.717, 1.165) is 18.0 Å². The molecule has 1 atom stereocenters. The summed E-state index contributed by atoms with van der Waals surface area (Å²) in [6.07, 6.45) is 3.88. The first-order valence-corrected chi connectivity index (χ1v) is 7.08. The number of hydrogen-bond donors (Lipinski definition) is 2. The summed E-state index contributed by atoms with van der Waals surface area (Å²) >= 11 is 1.32. The summed E-state index contributed by atoms with van der Waals surface area (Å²) in [6.45, 7) is 1.67. The highest BCUT2D eigenvalue weighted by Crippen LogP contribution is 2.37. The van der Waals surface area contributed by atoms with Gasteiger partial charge in [-0.3, -0.25) is 9.59 Å². The predicted octanol–water partition coefficient (Wildman–Crippen LogP) is 0.684. The third-order valence-electron chi connectivity index (χ3n) is 2.70. The molecule has 104 valence electrons. The first kappa shape index (κ1) is 13.9. The zero-order valence-electron chi connectivity index (χ0n) is 10.6. The Kier molecular flexibility index (Phi) is 4.41. The summed E-state index contributed by atoms with van der Waals surface area (Å²) in [5, 5.41) is 19.8. The summed E-state index contributed by atoms with van der Waals surface area (Å²) in [7, 11) is 0. The first-order chi connectivity index (χ1) is 9.06. The van der Waals surface area contributed by atoms with Gasteiger partial charge in [-0.15, -0.1) is 10.2 Å². The van der Waals surface area contributed by atoms with E-state index in [9.17, 15) is 9.59 Å². The molecule has 0 spiro atoms. The third kappa shape index (κ3) is 4.23. The third-order valence-corrected chi connectivity index (χ3v) is 3.66. The lowest BCUT2D eigenvalue weighted by Gasteiger charge is -2.11. The van der Waals surface area contributed by atoms with Gasteiger partial charge in [0.05, 0.1) is 12.2 Å². The Morgan fingerprint density at radius 3 is 3.00 bits per heavy atom. The van der Waals surface area contributed by atoms with Crippen LogP contribution in [0.4, 0.5) is 0 Å². The molecule has 0 aromatic carbocycles. The van der Waals surface area contributed by atoms with E-state index in [1.807, 2.05) is 4.57 Å². The topological polar surface area (TPSA) is 97.1 Å². The maximum absolute atomic E-state index is 11.6. The second kappa shape index (κ2) is 6.05. The lowest BCUT2D eigenvalue weighted by Crippen LogP contribution is -2.35. The maximum atomic E-state index is 11.6. The molecule has 8 heteroatoms. The number of aromatic nitrogens is 3. The van der Waals surface area contributed by atoms with Gasteiger partial charge in [-0.1, -0.05) is 11.8 Å². The van der Waals surface area contributed by atoms with Gasteiger partial charge < -0.3 is 15.0 Å². The average Bonchev–Trinajstić information content (AvgIpc) is 3.04. The van der Waals surface area contributed by atoms with Crippen molar-refractivity contribution >= 4 is 23.6 Å². The molecule has 1 aliphatic rings. The second-order valence-corrected chi connectivity index (χ2v) is 5.55. The number of carboxylic acids is 1. The normalized spacial score (nSPS) is 16.1. The molecule has 19 heavy (non-hydrogen) atoms. The highest BCUT2D eigenvalue weighted by molar-refractivity contribution is 7.99. The Labute approximate surface area is 114 Å². The number of carbonyl (C=O) groups is 2. The zero-order chi connectivity index (χ0) is 13.8. The van der Waals surface area contributed by atoms with E-state index in [-0.39, 0.29) is 24.1 Å². The minimum Gasteiger partial charge on any atom is -0.481 e. The molecule has 2 N–H and O–H groups in total. The smallest absolute Gasteiger partial charge is 0.305 e. The van der Waals surface area contributed by atoms with Gasteiger partial charge in [0.25, 0.3) is 0 Å². The Hall–Kier alpha value is -1.57. The van der Waals surface area contributed by atoms with Crippen LogP contribution in [0.1, 0.15) is 32.2 Å². The van der Waals surface area contributed by atoms with Crippen LogP contribution in [0.25, 0.3) is 0 Å². The summed E-state index contributed by atoms with van der Waals surface area (Å²) in [5.41, 5.74) is 0. The quantitative estimate of drug-likeness (QED) is 0.715. The fraction of sp³-hybridized carbons (Fsp3) is 0.636. The Bertz CT molecular complexity index is 472. The molecule has 1 unspecified atom stereocenters. The molecule has 1 aliphatic carbocycles.